The summed E-state index contributed by atoms with van der Waals surface area (Å²) in [6.07, 6.45) is -3.90. The summed E-state index contributed by atoms with van der Waals surface area (Å²) in [4.78, 5) is 10.6. The number of carbonyl (C=O) groups excluding carboxylic acids is 1. The predicted molar refractivity (Wildman–Crippen MR) is 31.4 cm³/mol. The van der Waals surface area contributed by atoms with Gasteiger partial charge in [-0.05, 0) is 0 Å². The first kappa shape index (κ1) is 8.59. The van der Waals surface area contributed by atoms with Crippen molar-refractivity contribution in [2.75, 3.05) is 0 Å². The number of nitrogens with zero attached hydrogens (tertiary/aromatic N) is 1. The molecule has 0 fully saturated rings. The maximum atomic E-state index is 12.0. The van der Waals surface area contributed by atoms with E-state index in [2.05, 4.69) is 0 Å². The molecule has 1 amide bonds. The van der Waals surface area contributed by atoms with Crippen LogP contribution in [0.1, 0.15) is 0 Å². The zero-order valence-corrected chi connectivity index (χ0v) is 5.64. The molecule has 1 aliphatic rings. The van der Waals surface area contributed by atoms with Crippen LogP contribution >= 0.6 is 0 Å². The monoisotopic (exact) mass is 176 g/mol. The lowest BCUT2D eigenvalue weighted by Crippen LogP contribution is -2.32. The standard InChI is InChI=1S/C6H3F3N2O/c7-6(8,9)4-3(1-10)2-11-5(4)12/h2,4H,(H,11,12). The van der Waals surface area contributed by atoms with Crippen molar-refractivity contribution in [1.82, 2.24) is 5.32 Å². The highest BCUT2D eigenvalue weighted by molar-refractivity contribution is 5.87. The smallest absolute Gasteiger partial charge is 0.331 e. The molecule has 12 heavy (non-hydrogen) atoms. The second-order valence-electron chi connectivity index (χ2n) is 2.19. The molecule has 0 bridgehead atoms. The Bertz CT molecular complexity index is 286. The third-order valence-corrected chi connectivity index (χ3v) is 1.40. The second-order valence-corrected chi connectivity index (χ2v) is 2.19. The Morgan fingerprint density at radius 3 is 2.50 bits per heavy atom. The average molecular weight is 176 g/mol. The highest BCUT2D eigenvalue weighted by atomic mass is 19.4. The Hall–Kier alpha value is -1.51. The number of alkyl halides is 3. The summed E-state index contributed by atoms with van der Waals surface area (Å²) in [6.45, 7) is 0. The van der Waals surface area contributed by atoms with Crippen LogP contribution in [0.3, 0.4) is 0 Å². The van der Waals surface area contributed by atoms with Gasteiger partial charge < -0.3 is 5.32 Å². The van der Waals surface area contributed by atoms with Crippen LogP contribution in [-0.2, 0) is 4.79 Å². The molecule has 0 spiro atoms. The molecule has 0 radical (unpaired) electrons. The Balaban J connectivity index is 2.97. The van der Waals surface area contributed by atoms with Crippen LogP contribution in [0.15, 0.2) is 11.8 Å². The van der Waals surface area contributed by atoms with Crippen molar-refractivity contribution in [3.63, 3.8) is 0 Å². The number of hydrogen-bond acceptors (Lipinski definition) is 2. The average Bonchev–Trinajstić information content (AvgIpc) is 2.29. The molecule has 64 valence electrons. The first-order valence-corrected chi connectivity index (χ1v) is 2.94. The summed E-state index contributed by atoms with van der Waals surface area (Å²) in [5, 5.41) is 10.0. The topological polar surface area (TPSA) is 52.9 Å². The van der Waals surface area contributed by atoms with Crippen LogP contribution in [0.25, 0.3) is 0 Å². The molecule has 1 aliphatic heterocycles. The zero-order valence-electron chi connectivity index (χ0n) is 5.64. The number of nitriles is 1. The van der Waals surface area contributed by atoms with Crippen molar-refractivity contribution in [2.45, 2.75) is 6.18 Å². The van der Waals surface area contributed by atoms with E-state index in [1.165, 1.54) is 6.07 Å². The molecule has 1 atom stereocenters. The number of rotatable bonds is 0. The van der Waals surface area contributed by atoms with E-state index in [1.807, 2.05) is 5.32 Å². The van der Waals surface area contributed by atoms with E-state index in [9.17, 15) is 18.0 Å². The number of amides is 1. The predicted octanol–water partition coefficient (Wildman–Crippen LogP) is 0.702. The number of carbonyl (C=O) groups is 1. The third kappa shape index (κ3) is 1.25. The van der Waals surface area contributed by atoms with Crippen LogP contribution in [0.2, 0.25) is 0 Å². The van der Waals surface area contributed by atoms with Gasteiger partial charge in [0.1, 0.15) is 0 Å². The number of nitrogens with one attached hydrogen (secondary N) is 1. The molecule has 0 aromatic rings. The first-order valence-electron chi connectivity index (χ1n) is 2.94. The van der Waals surface area contributed by atoms with Crippen LogP contribution < -0.4 is 5.32 Å². The summed E-state index contributed by atoms with van der Waals surface area (Å²) >= 11 is 0. The van der Waals surface area contributed by atoms with E-state index in [1.54, 1.807) is 0 Å². The Kier molecular flexibility index (Phi) is 1.80. The summed E-state index contributed by atoms with van der Waals surface area (Å²) in [7, 11) is 0. The van der Waals surface area contributed by atoms with Gasteiger partial charge in [0.05, 0.1) is 11.6 Å². The molecule has 1 heterocycles. The normalized spacial score (nSPS) is 23.0. The quantitative estimate of drug-likeness (QED) is 0.590. The van der Waals surface area contributed by atoms with Crippen LogP contribution in [0, 0.1) is 17.2 Å². The minimum absolute atomic E-state index is 0.590. The third-order valence-electron chi connectivity index (χ3n) is 1.40. The van der Waals surface area contributed by atoms with Crippen LogP contribution in [-0.4, -0.2) is 12.1 Å². The first-order chi connectivity index (χ1) is 5.46. The van der Waals surface area contributed by atoms with E-state index < -0.39 is 23.6 Å². The van der Waals surface area contributed by atoms with E-state index in [0.29, 0.717) is 0 Å². The molecule has 6 heteroatoms. The van der Waals surface area contributed by atoms with Crippen molar-refractivity contribution in [3.05, 3.63) is 11.8 Å². The molecular weight excluding hydrogens is 173 g/mol. The molecule has 0 saturated carbocycles. The van der Waals surface area contributed by atoms with Crippen molar-refractivity contribution >= 4 is 5.91 Å². The van der Waals surface area contributed by atoms with Gasteiger partial charge >= 0.3 is 6.18 Å². The Labute approximate surface area is 65.5 Å². The van der Waals surface area contributed by atoms with Gasteiger partial charge in [-0.2, -0.15) is 18.4 Å². The van der Waals surface area contributed by atoms with Gasteiger partial charge in [-0.15, -0.1) is 0 Å². The molecule has 1 unspecified atom stereocenters. The maximum Gasteiger partial charge on any atom is 0.405 e. The molecule has 0 saturated heterocycles. The SMILES string of the molecule is N#CC1=CNC(=O)C1C(F)(F)F. The second kappa shape index (κ2) is 2.52. The summed E-state index contributed by atoms with van der Waals surface area (Å²) in [5.74, 6) is -3.48. The van der Waals surface area contributed by atoms with Crippen molar-refractivity contribution < 1.29 is 18.0 Å². The molecule has 0 aliphatic carbocycles. The molecule has 1 N–H and O–H groups in total. The van der Waals surface area contributed by atoms with Crippen LogP contribution in [0.5, 0.6) is 0 Å². The van der Waals surface area contributed by atoms with E-state index >= 15 is 0 Å². The van der Waals surface area contributed by atoms with Crippen LogP contribution in [0.4, 0.5) is 13.2 Å². The van der Waals surface area contributed by atoms with Gasteiger partial charge in [0.15, 0.2) is 5.92 Å². The summed E-state index contributed by atoms with van der Waals surface area (Å²) in [6, 6.07) is 1.31. The molecule has 0 aromatic heterocycles. The van der Waals surface area contributed by atoms with E-state index in [0.717, 1.165) is 6.20 Å². The number of hydrogen-bond donors (Lipinski definition) is 1. The molecule has 1 rings (SSSR count). The Morgan fingerprint density at radius 1 is 1.58 bits per heavy atom. The lowest BCUT2D eigenvalue weighted by molar-refractivity contribution is -0.171. The lowest BCUT2D eigenvalue weighted by Gasteiger charge is -2.11. The highest BCUT2D eigenvalue weighted by Gasteiger charge is 2.49. The van der Waals surface area contributed by atoms with Crippen molar-refractivity contribution in [1.29, 1.82) is 5.26 Å². The minimum atomic E-state index is -4.68. The van der Waals surface area contributed by atoms with Crippen molar-refractivity contribution in [2.24, 2.45) is 5.92 Å². The molecule has 3 nitrogen and oxygen atoms in total. The minimum Gasteiger partial charge on any atom is -0.331 e. The van der Waals surface area contributed by atoms with Gasteiger partial charge in [0.2, 0.25) is 5.91 Å². The zero-order chi connectivity index (χ0) is 9.35. The maximum absolute atomic E-state index is 12.0. The van der Waals surface area contributed by atoms with Gasteiger partial charge in [0.25, 0.3) is 0 Å². The van der Waals surface area contributed by atoms with Gasteiger partial charge in [-0.25, -0.2) is 0 Å². The molecular formula is C6H3F3N2O. The number of halogens is 3. The fourth-order valence-electron chi connectivity index (χ4n) is 0.879. The summed E-state index contributed by atoms with van der Waals surface area (Å²) in [5.41, 5.74) is -0.590. The van der Waals surface area contributed by atoms with E-state index in [4.69, 9.17) is 5.26 Å². The van der Waals surface area contributed by atoms with Gasteiger partial charge in [-0.3, -0.25) is 4.79 Å². The lowest BCUT2D eigenvalue weighted by atomic mass is 10.0. The van der Waals surface area contributed by atoms with Gasteiger partial charge in [0, 0.05) is 6.20 Å². The van der Waals surface area contributed by atoms with E-state index in [-0.39, 0.29) is 0 Å². The fourth-order valence-corrected chi connectivity index (χ4v) is 0.879. The largest absolute Gasteiger partial charge is 0.405 e. The summed E-state index contributed by atoms with van der Waals surface area (Å²) < 4.78 is 36.0. The Morgan fingerprint density at radius 2 is 2.17 bits per heavy atom. The van der Waals surface area contributed by atoms with Crippen molar-refractivity contribution in [3.8, 4) is 6.07 Å². The highest BCUT2D eigenvalue weighted by Crippen LogP contribution is 2.33. The fraction of sp³-hybridized carbons (Fsp3) is 0.333. The molecule has 0 aromatic carbocycles. The van der Waals surface area contributed by atoms with Gasteiger partial charge in [-0.1, -0.05) is 0 Å².